The molecule has 2 aromatic heterocycles. The van der Waals surface area contributed by atoms with Crippen molar-refractivity contribution in [2.45, 2.75) is 19.9 Å². The van der Waals surface area contributed by atoms with Gasteiger partial charge in [-0.2, -0.15) is 5.10 Å². The Kier molecular flexibility index (Phi) is 2.30. The molecule has 86 valence electrons. The first-order valence-electron chi connectivity index (χ1n) is 5.60. The highest BCUT2D eigenvalue weighted by molar-refractivity contribution is 6.40. The van der Waals surface area contributed by atoms with Crippen molar-refractivity contribution in [3.63, 3.8) is 0 Å². The first-order valence-corrected chi connectivity index (χ1v) is 5.97. The van der Waals surface area contributed by atoms with E-state index in [0.29, 0.717) is 0 Å². The number of hydrogen-bond donors (Lipinski definition) is 0. The number of hydrogen-bond acceptors (Lipinski definition) is 2. The first kappa shape index (κ1) is 10.5. The fraction of sp³-hybridized carbons (Fsp3) is 0.231. The topological polar surface area (TPSA) is 30.7 Å². The van der Waals surface area contributed by atoms with Crippen molar-refractivity contribution in [2.75, 3.05) is 0 Å². The van der Waals surface area contributed by atoms with Crippen LogP contribution < -0.4 is 0 Å². The summed E-state index contributed by atoms with van der Waals surface area (Å²) in [5.74, 6) is 0. The van der Waals surface area contributed by atoms with Crippen molar-refractivity contribution in [3.05, 3.63) is 35.5 Å². The number of halogens is 1. The number of aromatic nitrogens is 3. The van der Waals surface area contributed by atoms with Gasteiger partial charge < -0.3 is 0 Å². The standard InChI is InChI=1S/C13H12ClN3/c1-8(2)17-13-10(7-15-17)12(14)9-5-3-4-6-11(9)16-13/h3-8H,1-2H3. The molecule has 0 N–H and O–H groups in total. The summed E-state index contributed by atoms with van der Waals surface area (Å²) in [5.41, 5.74) is 1.76. The van der Waals surface area contributed by atoms with E-state index < -0.39 is 0 Å². The maximum atomic E-state index is 6.40. The molecule has 0 aliphatic rings. The molecular weight excluding hydrogens is 234 g/mol. The number of nitrogens with zero attached hydrogens (tertiary/aromatic N) is 3. The minimum Gasteiger partial charge on any atom is -0.245 e. The van der Waals surface area contributed by atoms with Crippen molar-refractivity contribution in [1.82, 2.24) is 14.8 Å². The van der Waals surface area contributed by atoms with Gasteiger partial charge in [0.05, 0.1) is 22.1 Å². The SMILES string of the molecule is CC(C)n1ncc2c(Cl)c3ccccc3nc21. The minimum absolute atomic E-state index is 0.275. The molecule has 1 aromatic carbocycles. The third-order valence-corrected chi connectivity index (χ3v) is 3.27. The molecule has 0 radical (unpaired) electrons. The summed E-state index contributed by atoms with van der Waals surface area (Å²) in [6, 6.07) is 8.16. The molecule has 0 amide bonds. The van der Waals surface area contributed by atoms with E-state index >= 15 is 0 Å². The van der Waals surface area contributed by atoms with Crippen LogP contribution in [0.15, 0.2) is 30.5 Å². The molecular formula is C13H12ClN3. The molecule has 3 rings (SSSR count). The Morgan fingerprint density at radius 2 is 1.94 bits per heavy atom. The molecule has 0 aliphatic heterocycles. The number of rotatable bonds is 1. The first-order chi connectivity index (χ1) is 8.18. The maximum absolute atomic E-state index is 6.40. The molecule has 0 unspecified atom stereocenters. The smallest absolute Gasteiger partial charge is 0.160 e. The lowest BCUT2D eigenvalue weighted by molar-refractivity contribution is 0.547. The summed E-state index contributed by atoms with van der Waals surface area (Å²) < 4.78 is 1.90. The summed E-state index contributed by atoms with van der Waals surface area (Å²) in [6.45, 7) is 4.16. The lowest BCUT2D eigenvalue weighted by atomic mass is 10.2. The molecule has 0 saturated carbocycles. The zero-order valence-corrected chi connectivity index (χ0v) is 10.4. The van der Waals surface area contributed by atoms with Crippen LogP contribution in [0.2, 0.25) is 5.02 Å². The van der Waals surface area contributed by atoms with Crippen LogP contribution in [0.4, 0.5) is 0 Å². The summed E-state index contributed by atoms with van der Waals surface area (Å²) >= 11 is 6.40. The van der Waals surface area contributed by atoms with Gasteiger partial charge in [-0.15, -0.1) is 0 Å². The highest BCUT2D eigenvalue weighted by atomic mass is 35.5. The fourth-order valence-corrected chi connectivity index (χ4v) is 2.31. The van der Waals surface area contributed by atoms with Crippen molar-refractivity contribution < 1.29 is 0 Å². The van der Waals surface area contributed by atoms with Crippen molar-refractivity contribution in [1.29, 1.82) is 0 Å². The van der Waals surface area contributed by atoms with E-state index in [1.54, 1.807) is 6.20 Å². The molecule has 0 aliphatic carbocycles. The van der Waals surface area contributed by atoms with Gasteiger partial charge >= 0.3 is 0 Å². The zero-order valence-electron chi connectivity index (χ0n) is 9.68. The largest absolute Gasteiger partial charge is 0.245 e. The van der Waals surface area contributed by atoms with Crippen LogP contribution >= 0.6 is 11.6 Å². The second-order valence-electron chi connectivity index (χ2n) is 4.36. The van der Waals surface area contributed by atoms with Gasteiger partial charge in [0.2, 0.25) is 0 Å². The van der Waals surface area contributed by atoms with Crippen LogP contribution in [-0.4, -0.2) is 14.8 Å². The molecule has 0 fully saturated rings. The van der Waals surface area contributed by atoms with E-state index in [0.717, 1.165) is 27.0 Å². The predicted octanol–water partition coefficient (Wildman–Crippen LogP) is 3.82. The second kappa shape index (κ2) is 3.70. The van der Waals surface area contributed by atoms with E-state index in [1.165, 1.54) is 0 Å². The molecule has 4 heteroatoms. The fourth-order valence-electron chi connectivity index (χ4n) is 2.02. The Labute approximate surface area is 104 Å². The summed E-state index contributed by atoms with van der Waals surface area (Å²) in [7, 11) is 0. The van der Waals surface area contributed by atoms with Crippen LogP contribution in [0, 0.1) is 0 Å². The second-order valence-corrected chi connectivity index (χ2v) is 4.74. The van der Waals surface area contributed by atoms with Crippen LogP contribution in [0.1, 0.15) is 19.9 Å². The normalized spacial score (nSPS) is 11.8. The van der Waals surface area contributed by atoms with Gasteiger partial charge in [0.1, 0.15) is 0 Å². The molecule has 17 heavy (non-hydrogen) atoms. The third kappa shape index (κ3) is 1.50. The quantitative estimate of drug-likeness (QED) is 0.653. The van der Waals surface area contributed by atoms with E-state index in [-0.39, 0.29) is 6.04 Å². The summed E-state index contributed by atoms with van der Waals surface area (Å²) in [4.78, 5) is 4.64. The van der Waals surface area contributed by atoms with E-state index in [9.17, 15) is 0 Å². The van der Waals surface area contributed by atoms with Gasteiger partial charge in [-0.1, -0.05) is 29.8 Å². The van der Waals surface area contributed by atoms with Gasteiger partial charge in [-0.25, -0.2) is 9.67 Å². The van der Waals surface area contributed by atoms with Gasteiger partial charge in [0.25, 0.3) is 0 Å². The summed E-state index contributed by atoms with van der Waals surface area (Å²) in [6.07, 6.45) is 1.79. The molecule has 3 nitrogen and oxygen atoms in total. The molecule has 0 spiro atoms. The Morgan fingerprint density at radius 1 is 1.18 bits per heavy atom. The number of para-hydroxylation sites is 1. The number of pyridine rings is 1. The monoisotopic (exact) mass is 245 g/mol. The average Bonchev–Trinajstić information content (AvgIpc) is 2.73. The number of fused-ring (bicyclic) bond motifs is 2. The van der Waals surface area contributed by atoms with Gasteiger partial charge in [-0.3, -0.25) is 0 Å². The van der Waals surface area contributed by atoms with Crippen molar-refractivity contribution in [2.24, 2.45) is 0 Å². The molecule has 2 heterocycles. The molecule has 0 atom stereocenters. The molecule has 3 aromatic rings. The van der Waals surface area contributed by atoms with E-state index in [1.807, 2.05) is 28.9 Å². The van der Waals surface area contributed by atoms with Gasteiger partial charge in [-0.05, 0) is 19.9 Å². The highest BCUT2D eigenvalue weighted by Gasteiger charge is 2.12. The summed E-state index contributed by atoms with van der Waals surface area (Å²) in [5, 5.41) is 6.97. The Bertz CT molecular complexity index is 700. The third-order valence-electron chi connectivity index (χ3n) is 2.86. The van der Waals surface area contributed by atoms with Crippen LogP contribution in [-0.2, 0) is 0 Å². The Hall–Kier alpha value is -1.61. The van der Waals surface area contributed by atoms with Crippen LogP contribution in [0.3, 0.4) is 0 Å². The van der Waals surface area contributed by atoms with Crippen LogP contribution in [0.25, 0.3) is 21.9 Å². The average molecular weight is 246 g/mol. The molecule has 0 bridgehead atoms. The lowest BCUT2D eigenvalue weighted by Gasteiger charge is -2.07. The van der Waals surface area contributed by atoms with Crippen LogP contribution in [0.5, 0.6) is 0 Å². The Morgan fingerprint density at radius 3 is 2.71 bits per heavy atom. The lowest BCUT2D eigenvalue weighted by Crippen LogP contribution is -2.03. The maximum Gasteiger partial charge on any atom is 0.160 e. The van der Waals surface area contributed by atoms with Gasteiger partial charge in [0, 0.05) is 11.4 Å². The van der Waals surface area contributed by atoms with E-state index in [4.69, 9.17) is 11.6 Å². The van der Waals surface area contributed by atoms with Crippen molar-refractivity contribution >= 4 is 33.5 Å². The minimum atomic E-state index is 0.275. The van der Waals surface area contributed by atoms with Crippen molar-refractivity contribution in [3.8, 4) is 0 Å². The highest BCUT2D eigenvalue weighted by Crippen LogP contribution is 2.30. The molecule has 0 saturated heterocycles. The van der Waals surface area contributed by atoms with Gasteiger partial charge in [0.15, 0.2) is 5.65 Å². The zero-order chi connectivity index (χ0) is 12.0. The number of benzene rings is 1. The predicted molar refractivity (Wildman–Crippen MR) is 70.4 cm³/mol. The Balaban J connectivity index is 2.48. The van der Waals surface area contributed by atoms with E-state index in [2.05, 4.69) is 23.9 Å².